The third-order valence-electron chi connectivity index (χ3n) is 6.19. The van der Waals surface area contributed by atoms with Crippen molar-refractivity contribution in [3.63, 3.8) is 0 Å². The molecule has 2 aromatic rings. The zero-order chi connectivity index (χ0) is 27.8. The first-order valence-corrected chi connectivity index (χ1v) is 15.9. The molecular formula is C28H55N4O4P. The highest BCUT2D eigenvalue weighted by Gasteiger charge is 2.00. The zero-order valence-corrected chi connectivity index (χ0v) is 25.0. The molecule has 216 valence electrons. The molecule has 1 N–H and O–H groups in total. The highest BCUT2D eigenvalue weighted by Crippen LogP contribution is 2.11. The number of aryl methyl sites for hydroxylation is 4. The van der Waals surface area contributed by atoms with E-state index < -0.39 is 7.82 Å². The summed E-state index contributed by atoms with van der Waals surface area (Å²) in [5.74, 6) is 0. The third kappa shape index (κ3) is 27.4. The molecule has 8 nitrogen and oxygen atoms in total. The van der Waals surface area contributed by atoms with Gasteiger partial charge in [-0.15, -0.1) is 0 Å². The van der Waals surface area contributed by atoms with Crippen LogP contribution in [0.25, 0.3) is 0 Å². The van der Waals surface area contributed by atoms with E-state index in [9.17, 15) is 0 Å². The topological polar surface area (TPSA) is 101 Å². The molecule has 0 unspecified atom stereocenters. The van der Waals surface area contributed by atoms with Gasteiger partial charge in [-0.1, -0.05) is 90.9 Å². The van der Waals surface area contributed by atoms with Crippen LogP contribution < -0.4 is 18.9 Å². The number of imidazole rings is 2. The van der Waals surface area contributed by atoms with Crippen molar-refractivity contribution >= 4 is 7.82 Å². The van der Waals surface area contributed by atoms with E-state index in [2.05, 4.69) is 83.7 Å². The van der Waals surface area contributed by atoms with Crippen molar-refractivity contribution in [2.75, 3.05) is 0 Å². The van der Waals surface area contributed by atoms with Crippen molar-refractivity contribution in [1.82, 2.24) is 9.13 Å². The average Bonchev–Trinajstić information content (AvgIpc) is 3.44. The van der Waals surface area contributed by atoms with Gasteiger partial charge in [0.05, 0.1) is 35.0 Å². The Hall–Kier alpha value is -1.47. The first-order valence-electron chi connectivity index (χ1n) is 14.4. The molecule has 9 heteroatoms. The second-order valence-corrected chi connectivity index (χ2v) is 11.0. The van der Waals surface area contributed by atoms with Gasteiger partial charge in [-0.05, 0) is 25.7 Å². The van der Waals surface area contributed by atoms with Crippen molar-refractivity contribution in [2.45, 2.75) is 130 Å². The van der Waals surface area contributed by atoms with Crippen LogP contribution in [0.5, 0.6) is 0 Å². The van der Waals surface area contributed by atoms with E-state index in [0.717, 1.165) is 0 Å². The molecule has 37 heavy (non-hydrogen) atoms. The molecule has 2 rings (SSSR count). The lowest BCUT2D eigenvalue weighted by molar-refractivity contribution is -0.671. The van der Waals surface area contributed by atoms with Gasteiger partial charge >= 0.3 is 0 Å². The summed E-state index contributed by atoms with van der Waals surface area (Å²) in [5.41, 5.74) is 0. The van der Waals surface area contributed by atoms with Crippen LogP contribution in [0, 0.1) is 0 Å². The van der Waals surface area contributed by atoms with Gasteiger partial charge in [0.15, 0.2) is 0 Å². The number of phosphoric acid groups is 1. The number of aromatic nitrogens is 4. The number of hydrogen-bond donors (Lipinski definition) is 1. The van der Waals surface area contributed by atoms with E-state index in [4.69, 9.17) is 19.2 Å². The molecule has 0 saturated carbocycles. The van der Waals surface area contributed by atoms with E-state index >= 15 is 0 Å². The monoisotopic (exact) mass is 542 g/mol. The Morgan fingerprint density at radius 1 is 0.622 bits per heavy atom. The molecule has 0 fully saturated rings. The summed E-state index contributed by atoms with van der Waals surface area (Å²) in [5, 5.41) is 0. The average molecular weight is 543 g/mol. The fourth-order valence-corrected chi connectivity index (χ4v) is 4.12. The Labute approximate surface area is 226 Å². The summed E-state index contributed by atoms with van der Waals surface area (Å²) >= 11 is 0. The van der Waals surface area contributed by atoms with Crippen LogP contribution in [0.15, 0.2) is 37.4 Å². The maximum Gasteiger partial charge on any atom is 0.243 e. The summed E-state index contributed by atoms with van der Waals surface area (Å²) in [7, 11) is -0.992. The molecule has 2 heterocycles. The summed E-state index contributed by atoms with van der Waals surface area (Å²) < 4.78 is 17.4. The molecule has 0 aromatic carbocycles. The predicted molar refractivity (Wildman–Crippen MR) is 146 cm³/mol. The predicted octanol–water partition coefficient (Wildman–Crippen LogP) is 4.71. The van der Waals surface area contributed by atoms with Gasteiger partial charge in [0.25, 0.3) is 0 Å². The molecule has 0 spiro atoms. The summed E-state index contributed by atoms with van der Waals surface area (Å²) in [6.07, 6.45) is 35.2. The van der Waals surface area contributed by atoms with Gasteiger partial charge < -0.3 is 19.2 Å². The van der Waals surface area contributed by atoms with Crippen LogP contribution in [0.1, 0.15) is 117 Å². The van der Waals surface area contributed by atoms with Gasteiger partial charge in [0, 0.05) is 0 Å². The van der Waals surface area contributed by atoms with Crippen molar-refractivity contribution in [1.29, 1.82) is 0 Å². The Bertz CT molecular complexity index is 739. The summed E-state index contributed by atoms with van der Waals surface area (Å²) in [4.78, 5) is 24.3. The van der Waals surface area contributed by atoms with Crippen molar-refractivity contribution in [3.05, 3.63) is 37.4 Å². The minimum absolute atomic E-state index is 1.18. The Balaban J connectivity index is 0.000000594. The largest absolute Gasteiger partial charge is 0.790 e. The van der Waals surface area contributed by atoms with Crippen LogP contribution >= 0.6 is 7.82 Å². The van der Waals surface area contributed by atoms with E-state index in [1.165, 1.54) is 116 Å². The fraction of sp³-hybridized carbons (Fsp3) is 0.786. The van der Waals surface area contributed by atoms with Crippen molar-refractivity contribution in [3.8, 4) is 0 Å². The SMILES string of the molecule is CCCCCCCCCCn1cc[n+](C)c1.CCCCCCCCCCn1cc[n+](C)c1.O=P([O-])([O-])O. The van der Waals surface area contributed by atoms with E-state index in [1.54, 1.807) is 0 Å². The fourth-order valence-electron chi connectivity index (χ4n) is 4.12. The lowest BCUT2D eigenvalue weighted by atomic mass is 10.1. The minimum Gasteiger partial charge on any atom is -0.790 e. The van der Waals surface area contributed by atoms with E-state index in [1.807, 2.05) is 0 Å². The highest BCUT2D eigenvalue weighted by atomic mass is 31.2. The standard InChI is InChI=1S/2C14H27N2.H3O4P/c2*1-3-4-5-6-7-8-9-10-11-16-13-12-15(2)14-16;1-5(2,3)4/h2*12-14H,3-11H2,1-2H3;(H3,1,2,3,4)/q2*+1;/p-2. The smallest absolute Gasteiger partial charge is 0.243 e. The van der Waals surface area contributed by atoms with Crippen LogP contribution in [-0.2, 0) is 31.7 Å². The molecule has 0 aliphatic heterocycles. The molecule has 0 aliphatic carbocycles. The Morgan fingerprint density at radius 2 is 0.892 bits per heavy atom. The van der Waals surface area contributed by atoms with Crippen LogP contribution in [0.3, 0.4) is 0 Å². The minimum atomic E-state index is -5.14. The molecule has 0 amide bonds. The summed E-state index contributed by atoms with van der Waals surface area (Å²) in [6, 6.07) is 0. The van der Waals surface area contributed by atoms with Crippen LogP contribution in [-0.4, -0.2) is 14.0 Å². The first-order chi connectivity index (χ1) is 17.7. The highest BCUT2D eigenvalue weighted by molar-refractivity contribution is 7.42. The zero-order valence-electron chi connectivity index (χ0n) is 24.1. The lowest BCUT2D eigenvalue weighted by Crippen LogP contribution is -2.23. The maximum atomic E-state index is 8.66. The lowest BCUT2D eigenvalue weighted by Gasteiger charge is -2.19. The van der Waals surface area contributed by atoms with E-state index in [-0.39, 0.29) is 0 Å². The number of unbranched alkanes of at least 4 members (excludes halogenated alkanes) is 14. The molecule has 0 bridgehead atoms. The van der Waals surface area contributed by atoms with Gasteiger partial charge in [-0.3, -0.25) is 0 Å². The van der Waals surface area contributed by atoms with E-state index in [0.29, 0.717) is 0 Å². The van der Waals surface area contributed by atoms with Crippen molar-refractivity contribution < 1.29 is 28.4 Å². The first kappa shape index (κ1) is 35.5. The van der Waals surface area contributed by atoms with Gasteiger partial charge in [-0.25, -0.2) is 18.3 Å². The molecule has 0 saturated heterocycles. The van der Waals surface area contributed by atoms with Gasteiger partial charge in [0.1, 0.15) is 24.8 Å². The molecule has 0 radical (unpaired) electrons. The van der Waals surface area contributed by atoms with Crippen LogP contribution in [0.2, 0.25) is 0 Å². The molecule has 0 atom stereocenters. The van der Waals surface area contributed by atoms with Gasteiger partial charge in [-0.2, -0.15) is 0 Å². The van der Waals surface area contributed by atoms with Crippen molar-refractivity contribution in [2.24, 2.45) is 14.1 Å². The number of rotatable bonds is 18. The second-order valence-electron chi connectivity index (χ2n) is 10.1. The molecule has 0 aliphatic rings. The number of nitrogens with zero attached hydrogens (tertiary/aromatic N) is 4. The molecule has 2 aromatic heterocycles. The normalized spacial score (nSPS) is 11.0. The third-order valence-corrected chi connectivity index (χ3v) is 6.19. The molecular weight excluding hydrogens is 487 g/mol. The van der Waals surface area contributed by atoms with Crippen LogP contribution in [0.4, 0.5) is 0 Å². The Morgan fingerprint density at radius 3 is 1.14 bits per heavy atom. The summed E-state index contributed by atoms with van der Waals surface area (Å²) in [6.45, 7) is 6.90. The van der Waals surface area contributed by atoms with Gasteiger partial charge in [0.2, 0.25) is 12.7 Å². The maximum absolute atomic E-state index is 8.66. The second kappa shape index (κ2) is 23.6. The quantitative estimate of drug-likeness (QED) is 0.167. The number of hydrogen-bond acceptors (Lipinski definition) is 3. The Kier molecular flexibility index (Phi) is 22.7.